The summed E-state index contributed by atoms with van der Waals surface area (Å²) < 4.78 is 11.2. The number of ether oxygens (including phenoxy) is 2. The number of carbonyl (C=O) groups is 1. The molecular formula is C14H26N2O3. The third kappa shape index (κ3) is 3.03. The zero-order valence-corrected chi connectivity index (χ0v) is 12.5. The van der Waals surface area contributed by atoms with Crippen LogP contribution in [-0.4, -0.2) is 54.5 Å². The highest BCUT2D eigenvalue weighted by Gasteiger charge is 2.52. The molecule has 0 radical (unpaired) electrons. The van der Waals surface area contributed by atoms with Gasteiger partial charge >= 0.3 is 6.09 Å². The van der Waals surface area contributed by atoms with Gasteiger partial charge in [-0.15, -0.1) is 0 Å². The molecule has 0 aromatic rings. The van der Waals surface area contributed by atoms with Crippen molar-refractivity contribution in [2.45, 2.75) is 57.7 Å². The topological polar surface area (TPSA) is 50.8 Å². The molecule has 19 heavy (non-hydrogen) atoms. The first-order valence-electron chi connectivity index (χ1n) is 7.19. The monoisotopic (exact) mass is 270 g/mol. The first kappa shape index (κ1) is 14.6. The Morgan fingerprint density at radius 1 is 1.47 bits per heavy atom. The molecule has 5 heteroatoms. The number of piperazine rings is 1. The summed E-state index contributed by atoms with van der Waals surface area (Å²) in [6.07, 6.45) is 1.82. The number of nitrogens with zero attached hydrogens (tertiary/aromatic N) is 1. The summed E-state index contributed by atoms with van der Waals surface area (Å²) in [7, 11) is 0. The van der Waals surface area contributed by atoms with Gasteiger partial charge in [0, 0.05) is 25.7 Å². The Morgan fingerprint density at radius 2 is 2.21 bits per heavy atom. The summed E-state index contributed by atoms with van der Waals surface area (Å²) in [6, 6.07) is 0.240. The lowest BCUT2D eigenvalue weighted by molar-refractivity contribution is -0.0363. The summed E-state index contributed by atoms with van der Waals surface area (Å²) >= 11 is 0. The average molecular weight is 270 g/mol. The van der Waals surface area contributed by atoms with Crippen molar-refractivity contribution in [1.29, 1.82) is 0 Å². The molecule has 2 saturated heterocycles. The lowest BCUT2D eigenvalue weighted by Gasteiger charge is -2.44. The van der Waals surface area contributed by atoms with E-state index >= 15 is 0 Å². The fraction of sp³-hybridized carbons (Fsp3) is 0.929. The van der Waals surface area contributed by atoms with E-state index < -0.39 is 5.60 Å². The standard InChI is InChI=1S/C14H26N2O3/c1-5-18-10-14-7-6-11(8-15-9-14)16(14)12(17)19-13(2,3)4/h11,15H,5-10H2,1-4H3. The highest BCUT2D eigenvalue weighted by Crippen LogP contribution is 2.37. The molecule has 0 aliphatic carbocycles. The van der Waals surface area contributed by atoms with E-state index in [4.69, 9.17) is 9.47 Å². The predicted octanol–water partition coefficient (Wildman–Crippen LogP) is 1.76. The second-order valence-electron chi connectivity index (χ2n) is 6.54. The minimum Gasteiger partial charge on any atom is -0.444 e. The second kappa shape index (κ2) is 5.29. The van der Waals surface area contributed by atoms with Crippen molar-refractivity contribution < 1.29 is 14.3 Å². The van der Waals surface area contributed by atoms with Crippen LogP contribution in [0.5, 0.6) is 0 Å². The van der Waals surface area contributed by atoms with Crippen LogP contribution in [-0.2, 0) is 9.47 Å². The van der Waals surface area contributed by atoms with Crippen LogP contribution < -0.4 is 5.32 Å². The van der Waals surface area contributed by atoms with E-state index in [9.17, 15) is 4.79 Å². The number of hydrogen-bond acceptors (Lipinski definition) is 4. The normalized spacial score (nSPS) is 30.5. The van der Waals surface area contributed by atoms with E-state index in [1.54, 1.807) is 0 Å². The Labute approximate surface area is 115 Å². The molecule has 2 atom stereocenters. The first-order chi connectivity index (χ1) is 8.88. The third-order valence-electron chi connectivity index (χ3n) is 3.82. The van der Waals surface area contributed by atoms with Crippen molar-refractivity contribution >= 4 is 6.09 Å². The molecule has 5 nitrogen and oxygen atoms in total. The Balaban J connectivity index is 2.14. The fourth-order valence-corrected chi connectivity index (χ4v) is 3.05. The zero-order valence-electron chi connectivity index (χ0n) is 12.5. The molecule has 2 aliphatic heterocycles. The van der Waals surface area contributed by atoms with Gasteiger partial charge in [0.05, 0.1) is 12.1 Å². The lowest BCUT2D eigenvalue weighted by Crippen LogP contribution is -2.64. The third-order valence-corrected chi connectivity index (χ3v) is 3.82. The number of nitrogens with one attached hydrogen (secondary N) is 1. The molecule has 110 valence electrons. The van der Waals surface area contributed by atoms with Crippen molar-refractivity contribution in [3.05, 3.63) is 0 Å². The smallest absolute Gasteiger partial charge is 0.411 e. The van der Waals surface area contributed by atoms with Crippen LogP contribution in [0.2, 0.25) is 0 Å². The van der Waals surface area contributed by atoms with Gasteiger partial charge in [0.2, 0.25) is 0 Å². The molecule has 0 aromatic carbocycles. The number of rotatable bonds is 3. The van der Waals surface area contributed by atoms with E-state index in [1.807, 2.05) is 32.6 Å². The SMILES string of the molecule is CCOCC12CCC(CNC1)N2C(=O)OC(C)(C)C. The maximum absolute atomic E-state index is 12.5. The predicted molar refractivity (Wildman–Crippen MR) is 73.2 cm³/mol. The summed E-state index contributed by atoms with van der Waals surface area (Å²) in [5, 5.41) is 3.41. The number of amides is 1. The van der Waals surface area contributed by atoms with E-state index in [2.05, 4.69) is 5.32 Å². The summed E-state index contributed by atoms with van der Waals surface area (Å²) in [4.78, 5) is 14.4. The maximum Gasteiger partial charge on any atom is 0.411 e. The molecular weight excluding hydrogens is 244 g/mol. The van der Waals surface area contributed by atoms with Gasteiger partial charge in [0.25, 0.3) is 0 Å². The Morgan fingerprint density at radius 3 is 2.84 bits per heavy atom. The van der Waals surface area contributed by atoms with E-state index in [0.29, 0.717) is 13.2 Å². The van der Waals surface area contributed by atoms with Gasteiger partial charge in [-0.1, -0.05) is 0 Å². The van der Waals surface area contributed by atoms with Crippen LogP contribution >= 0.6 is 0 Å². The van der Waals surface area contributed by atoms with Gasteiger partial charge in [-0.05, 0) is 40.5 Å². The Bertz CT molecular complexity index is 336. The number of hydrogen-bond donors (Lipinski definition) is 1. The zero-order chi connectivity index (χ0) is 14.1. The quantitative estimate of drug-likeness (QED) is 0.849. The van der Waals surface area contributed by atoms with Crippen LogP contribution in [0.1, 0.15) is 40.5 Å². The largest absolute Gasteiger partial charge is 0.444 e. The van der Waals surface area contributed by atoms with Crippen molar-refractivity contribution in [1.82, 2.24) is 10.2 Å². The van der Waals surface area contributed by atoms with Crippen LogP contribution in [0.25, 0.3) is 0 Å². The fourth-order valence-electron chi connectivity index (χ4n) is 3.05. The van der Waals surface area contributed by atoms with E-state index in [-0.39, 0.29) is 17.7 Å². The molecule has 1 N–H and O–H groups in total. The molecule has 2 aliphatic rings. The van der Waals surface area contributed by atoms with Crippen molar-refractivity contribution in [2.75, 3.05) is 26.3 Å². The van der Waals surface area contributed by atoms with Gasteiger partial charge in [0.1, 0.15) is 5.60 Å². The molecule has 0 saturated carbocycles. The minimum atomic E-state index is -0.450. The van der Waals surface area contributed by atoms with Crippen LogP contribution in [0, 0.1) is 0 Å². The van der Waals surface area contributed by atoms with Crippen molar-refractivity contribution in [3.63, 3.8) is 0 Å². The van der Waals surface area contributed by atoms with Gasteiger partial charge in [0.15, 0.2) is 0 Å². The molecule has 0 aromatic heterocycles. The van der Waals surface area contributed by atoms with Gasteiger partial charge in [-0.2, -0.15) is 0 Å². The highest BCUT2D eigenvalue weighted by molar-refractivity contribution is 5.70. The Hall–Kier alpha value is -0.810. The molecule has 0 spiro atoms. The van der Waals surface area contributed by atoms with E-state index in [1.165, 1.54) is 0 Å². The molecule has 2 unspecified atom stereocenters. The van der Waals surface area contributed by atoms with Crippen LogP contribution in [0.15, 0.2) is 0 Å². The summed E-state index contributed by atoms with van der Waals surface area (Å²) in [5.41, 5.74) is -0.671. The van der Waals surface area contributed by atoms with E-state index in [0.717, 1.165) is 25.9 Å². The molecule has 2 bridgehead atoms. The van der Waals surface area contributed by atoms with Crippen molar-refractivity contribution in [2.24, 2.45) is 0 Å². The summed E-state index contributed by atoms with van der Waals surface area (Å²) in [6.45, 7) is 10.6. The summed E-state index contributed by atoms with van der Waals surface area (Å²) in [5.74, 6) is 0. The average Bonchev–Trinajstić information content (AvgIpc) is 2.52. The van der Waals surface area contributed by atoms with Gasteiger partial charge < -0.3 is 14.8 Å². The molecule has 2 fully saturated rings. The first-order valence-corrected chi connectivity index (χ1v) is 7.19. The van der Waals surface area contributed by atoms with Crippen LogP contribution in [0.4, 0.5) is 4.79 Å². The Kier molecular flexibility index (Phi) is 4.06. The molecule has 1 amide bonds. The minimum absolute atomic E-state index is 0.198. The maximum atomic E-state index is 12.5. The number of carbonyl (C=O) groups excluding carboxylic acids is 1. The van der Waals surface area contributed by atoms with Crippen molar-refractivity contribution in [3.8, 4) is 0 Å². The molecule has 2 rings (SSSR count). The van der Waals surface area contributed by atoms with Gasteiger partial charge in [-0.25, -0.2) is 4.79 Å². The molecule has 2 heterocycles. The highest BCUT2D eigenvalue weighted by atomic mass is 16.6. The van der Waals surface area contributed by atoms with Gasteiger partial charge in [-0.3, -0.25) is 4.90 Å². The second-order valence-corrected chi connectivity index (χ2v) is 6.54. The number of fused-ring (bicyclic) bond motifs is 2. The van der Waals surface area contributed by atoms with Crippen LogP contribution in [0.3, 0.4) is 0 Å². The lowest BCUT2D eigenvalue weighted by atomic mass is 9.97.